The van der Waals surface area contributed by atoms with E-state index >= 15 is 0 Å². The Balaban J connectivity index is 1.43. The van der Waals surface area contributed by atoms with Crippen molar-refractivity contribution in [1.82, 2.24) is 14.5 Å². The van der Waals surface area contributed by atoms with Gasteiger partial charge in [-0.3, -0.25) is 9.55 Å². The van der Waals surface area contributed by atoms with Crippen LogP contribution in [0.5, 0.6) is 0 Å². The zero-order chi connectivity index (χ0) is 34.7. The van der Waals surface area contributed by atoms with Gasteiger partial charge < -0.3 is 0 Å². The molecule has 3 aromatic carbocycles. The predicted octanol–water partition coefficient (Wildman–Crippen LogP) is 11.1. The van der Waals surface area contributed by atoms with Crippen LogP contribution in [0.2, 0.25) is 0 Å². The minimum atomic E-state index is 0.0248. The maximum Gasteiger partial charge on any atom is 0.211 e. The largest absolute Gasteiger partial charge is 0.294 e. The Morgan fingerprint density at radius 1 is 0.531 bits per heavy atom. The van der Waals surface area contributed by atoms with Crippen LogP contribution in [0, 0.1) is 0 Å². The third-order valence-electron chi connectivity index (χ3n) is 9.70. The molecule has 246 valence electrons. The van der Waals surface area contributed by atoms with Crippen molar-refractivity contribution in [3.05, 3.63) is 139 Å². The molecule has 4 heteroatoms. The Morgan fingerprint density at radius 2 is 1.20 bits per heavy atom. The zero-order valence-corrected chi connectivity index (χ0v) is 30.3. The van der Waals surface area contributed by atoms with E-state index in [9.17, 15) is 0 Å². The second kappa shape index (κ2) is 11.8. The summed E-state index contributed by atoms with van der Waals surface area (Å²) in [5.74, 6) is 0.918. The smallest absolute Gasteiger partial charge is 0.211 e. The van der Waals surface area contributed by atoms with Gasteiger partial charge in [-0.25, -0.2) is 4.98 Å². The molecule has 4 aromatic heterocycles. The number of fused-ring (bicyclic) bond motifs is 3. The lowest BCUT2D eigenvalue weighted by atomic mass is 9.87. The standard InChI is InChI=1S/C45H47N4/c1-43(2,3)31-17-22-39(46-27-31)38-26-34(48-24-12-13-33(29-48)45(7,8)9)19-21-35(38)30-16-20-37-36-14-10-11-15-40(36)49(41(37)25-30)42-23-18-32(28-47-42)44(4,5)6/h10-29H,1-9H3/q+1. The number of benzene rings is 3. The van der Waals surface area contributed by atoms with E-state index in [1.54, 1.807) is 0 Å². The highest BCUT2D eigenvalue weighted by molar-refractivity contribution is 6.10. The summed E-state index contributed by atoms with van der Waals surface area (Å²) < 4.78 is 4.53. The molecule has 0 aliphatic carbocycles. The van der Waals surface area contributed by atoms with Gasteiger partial charge in [-0.05, 0) is 74.9 Å². The predicted molar refractivity (Wildman–Crippen MR) is 205 cm³/mol. The van der Waals surface area contributed by atoms with Gasteiger partial charge in [0.1, 0.15) is 5.82 Å². The van der Waals surface area contributed by atoms with Crippen LogP contribution in [0.1, 0.15) is 79.0 Å². The van der Waals surface area contributed by atoms with Crippen molar-refractivity contribution >= 4 is 21.8 Å². The summed E-state index contributed by atoms with van der Waals surface area (Å²) in [4.78, 5) is 10.1. The molecule has 0 unspecified atom stereocenters. The zero-order valence-electron chi connectivity index (χ0n) is 30.3. The lowest BCUT2D eigenvalue weighted by Gasteiger charge is -2.19. The van der Waals surface area contributed by atoms with Gasteiger partial charge in [-0.15, -0.1) is 0 Å². The Hall–Kier alpha value is -5.09. The fourth-order valence-electron chi connectivity index (χ4n) is 6.58. The number of aromatic nitrogens is 4. The molecule has 49 heavy (non-hydrogen) atoms. The lowest BCUT2D eigenvalue weighted by molar-refractivity contribution is -0.596. The van der Waals surface area contributed by atoms with Crippen molar-refractivity contribution < 1.29 is 4.57 Å². The Kier molecular flexibility index (Phi) is 7.82. The average Bonchev–Trinajstić information content (AvgIpc) is 3.41. The second-order valence-corrected chi connectivity index (χ2v) is 16.4. The first-order valence-corrected chi connectivity index (χ1v) is 17.3. The van der Waals surface area contributed by atoms with Crippen molar-refractivity contribution in [2.24, 2.45) is 0 Å². The SMILES string of the molecule is CC(C)(C)c1ccc(-c2cc(-[n+]3cccc(C(C)(C)C)c3)ccc2-c2ccc3c4ccccc4n(-c4ccc(C(C)(C)C)cn4)c3c2)nc1. The van der Waals surface area contributed by atoms with E-state index < -0.39 is 0 Å². The van der Waals surface area contributed by atoms with Crippen LogP contribution in [-0.2, 0) is 16.2 Å². The first-order valence-electron chi connectivity index (χ1n) is 17.3. The number of nitrogens with zero attached hydrogens (tertiary/aromatic N) is 4. The maximum atomic E-state index is 5.06. The fraction of sp³-hybridized carbons (Fsp3) is 0.267. The molecule has 0 aliphatic rings. The molecule has 0 spiro atoms. The average molecular weight is 644 g/mol. The van der Waals surface area contributed by atoms with E-state index in [0.717, 1.165) is 44.9 Å². The molecule has 0 bridgehead atoms. The normalized spacial score (nSPS) is 12.6. The molecule has 0 aliphatic heterocycles. The second-order valence-electron chi connectivity index (χ2n) is 16.4. The van der Waals surface area contributed by atoms with Crippen molar-refractivity contribution in [2.45, 2.75) is 78.6 Å². The first kappa shape index (κ1) is 32.5. The molecule has 7 rings (SSSR count). The van der Waals surface area contributed by atoms with Gasteiger partial charge in [0.05, 0.1) is 16.7 Å². The molecular formula is C45H47N4+. The summed E-state index contributed by atoms with van der Waals surface area (Å²) in [6, 6.07) is 35.3. The Bertz CT molecular complexity index is 2300. The van der Waals surface area contributed by atoms with E-state index in [-0.39, 0.29) is 16.2 Å². The maximum absolute atomic E-state index is 5.06. The van der Waals surface area contributed by atoms with Crippen LogP contribution >= 0.6 is 0 Å². The molecule has 4 heterocycles. The van der Waals surface area contributed by atoms with Gasteiger partial charge in [0.25, 0.3) is 0 Å². The highest BCUT2D eigenvalue weighted by Crippen LogP contribution is 2.38. The molecular weight excluding hydrogens is 597 g/mol. The summed E-state index contributed by atoms with van der Waals surface area (Å²) in [5, 5.41) is 2.43. The monoisotopic (exact) mass is 643 g/mol. The molecule has 7 aromatic rings. The van der Waals surface area contributed by atoms with Crippen LogP contribution in [0.4, 0.5) is 0 Å². The van der Waals surface area contributed by atoms with Crippen LogP contribution < -0.4 is 4.57 Å². The minimum absolute atomic E-state index is 0.0248. The highest BCUT2D eigenvalue weighted by Gasteiger charge is 2.22. The molecule has 0 amide bonds. The van der Waals surface area contributed by atoms with Crippen LogP contribution in [-0.4, -0.2) is 14.5 Å². The van der Waals surface area contributed by atoms with Crippen molar-refractivity contribution in [2.75, 3.05) is 0 Å². The van der Waals surface area contributed by atoms with E-state index in [1.165, 1.54) is 27.5 Å². The molecule has 0 N–H and O–H groups in total. The summed E-state index contributed by atoms with van der Waals surface area (Å²) >= 11 is 0. The topological polar surface area (TPSA) is 34.6 Å². The third-order valence-corrected chi connectivity index (χ3v) is 9.70. The number of rotatable bonds is 4. The van der Waals surface area contributed by atoms with Crippen molar-refractivity contribution in [1.29, 1.82) is 0 Å². The number of para-hydroxylation sites is 1. The van der Waals surface area contributed by atoms with E-state index in [1.807, 2.05) is 12.4 Å². The van der Waals surface area contributed by atoms with Gasteiger partial charge in [0.15, 0.2) is 12.4 Å². The molecule has 0 radical (unpaired) electrons. The third kappa shape index (κ3) is 6.17. The summed E-state index contributed by atoms with van der Waals surface area (Å²) in [6.07, 6.45) is 8.44. The quantitative estimate of drug-likeness (QED) is 0.179. The van der Waals surface area contributed by atoms with Crippen LogP contribution in [0.15, 0.2) is 122 Å². The molecule has 0 fully saturated rings. The summed E-state index contributed by atoms with van der Waals surface area (Å²) in [7, 11) is 0. The van der Waals surface area contributed by atoms with Crippen molar-refractivity contribution in [3.63, 3.8) is 0 Å². The molecule has 0 saturated carbocycles. The summed E-state index contributed by atoms with van der Waals surface area (Å²) in [5.41, 5.74) is 11.6. The summed E-state index contributed by atoms with van der Waals surface area (Å²) in [6.45, 7) is 20.1. The van der Waals surface area contributed by atoms with Gasteiger partial charge in [-0.2, -0.15) is 4.57 Å². The molecule has 0 saturated heterocycles. The van der Waals surface area contributed by atoms with E-state index in [4.69, 9.17) is 9.97 Å². The van der Waals surface area contributed by atoms with Crippen LogP contribution in [0.3, 0.4) is 0 Å². The van der Waals surface area contributed by atoms with Gasteiger partial charge in [-0.1, -0.05) is 105 Å². The first-order chi connectivity index (χ1) is 23.2. The van der Waals surface area contributed by atoms with Crippen LogP contribution in [0.25, 0.3) is 55.7 Å². The van der Waals surface area contributed by atoms with Crippen molar-refractivity contribution in [3.8, 4) is 33.9 Å². The Labute approximate surface area is 291 Å². The number of pyridine rings is 3. The van der Waals surface area contributed by atoms with E-state index in [0.29, 0.717) is 0 Å². The molecule has 0 atom stereocenters. The van der Waals surface area contributed by atoms with E-state index in [2.05, 4.69) is 181 Å². The highest BCUT2D eigenvalue weighted by atomic mass is 15.1. The lowest BCUT2D eigenvalue weighted by Crippen LogP contribution is -2.32. The van der Waals surface area contributed by atoms with Gasteiger partial charge in [0, 0.05) is 52.5 Å². The van der Waals surface area contributed by atoms with Gasteiger partial charge >= 0.3 is 0 Å². The fourth-order valence-corrected chi connectivity index (χ4v) is 6.58. The minimum Gasteiger partial charge on any atom is -0.294 e. The number of hydrogen-bond acceptors (Lipinski definition) is 2. The van der Waals surface area contributed by atoms with Gasteiger partial charge in [0.2, 0.25) is 5.69 Å². The number of hydrogen-bond donors (Lipinski definition) is 0. The Morgan fingerprint density at radius 3 is 1.86 bits per heavy atom. The molecule has 4 nitrogen and oxygen atoms in total.